The lowest BCUT2D eigenvalue weighted by Gasteiger charge is -2.29. The lowest BCUT2D eigenvalue weighted by atomic mass is 10.1. The van der Waals surface area contributed by atoms with Crippen molar-refractivity contribution in [3.05, 3.63) is 34.1 Å². The Balaban J connectivity index is 2.21. The number of halogens is 2. The van der Waals surface area contributed by atoms with Crippen molar-refractivity contribution in [2.24, 2.45) is 5.73 Å². The van der Waals surface area contributed by atoms with Crippen LogP contribution in [0.5, 0.6) is 0 Å². The van der Waals surface area contributed by atoms with Gasteiger partial charge in [0.2, 0.25) is 0 Å². The van der Waals surface area contributed by atoms with Gasteiger partial charge in [-0.25, -0.2) is 4.39 Å². The van der Waals surface area contributed by atoms with E-state index >= 15 is 0 Å². The topological polar surface area (TPSA) is 29.3 Å². The van der Waals surface area contributed by atoms with Gasteiger partial charge in [0.15, 0.2) is 0 Å². The summed E-state index contributed by atoms with van der Waals surface area (Å²) < 4.78 is 14.6. The molecule has 1 saturated carbocycles. The van der Waals surface area contributed by atoms with Crippen molar-refractivity contribution in [3.63, 3.8) is 0 Å². The standard InChI is InChI=1S/C13H18BrFN2/c1-9(17(8-7-16)10-5-6-10)11-3-2-4-12(14)13(11)15/h2-4,9-10H,5-8,16H2,1H3. The molecule has 1 aliphatic rings. The molecule has 4 heteroatoms. The van der Waals surface area contributed by atoms with E-state index in [0.717, 1.165) is 12.1 Å². The Morgan fingerprint density at radius 1 is 1.53 bits per heavy atom. The van der Waals surface area contributed by atoms with E-state index < -0.39 is 0 Å². The highest BCUT2D eigenvalue weighted by atomic mass is 79.9. The molecule has 2 nitrogen and oxygen atoms in total. The van der Waals surface area contributed by atoms with E-state index in [4.69, 9.17) is 5.73 Å². The normalized spacial score (nSPS) is 17.5. The molecule has 0 spiro atoms. The zero-order valence-electron chi connectivity index (χ0n) is 10.00. The summed E-state index contributed by atoms with van der Waals surface area (Å²) in [6.07, 6.45) is 2.42. The Bertz CT molecular complexity index is 393. The molecule has 0 saturated heterocycles. The number of hydrogen-bond donors (Lipinski definition) is 1. The molecule has 1 unspecified atom stereocenters. The maximum Gasteiger partial charge on any atom is 0.142 e. The van der Waals surface area contributed by atoms with Crippen LogP contribution in [0, 0.1) is 5.82 Å². The summed E-state index contributed by atoms with van der Waals surface area (Å²) >= 11 is 3.24. The minimum Gasteiger partial charge on any atom is -0.329 e. The van der Waals surface area contributed by atoms with Crippen LogP contribution in [0.2, 0.25) is 0 Å². The van der Waals surface area contributed by atoms with Crippen LogP contribution >= 0.6 is 15.9 Å². The summed E-state index contributed by atoms with van der Waals surface area (Å²) in [4.78, 5) is 2.31. The Kier molecular flexibility index (Phi) is 4.17. The highest BCUT2D eigenvalue weighted by Crippen LogP contribution is 2.35. The first kappa shape index (κ1) is 13.0. The van der Waals surface area contributed by atoms with Gasteiger partial charge >= 0.3 is 0 Å². The SMILES string of the molecule is CC(c1cccc(Br)c1F)N(CCN)C1CC1. The van der Waals surface area contributed by atoms with Crippen LogP contribution < -0.4 is 5.73 Å². The predicted octanol–water partition coefficient (Wildman–Crippen LogP) is 3.07. The molecule has 0 bridgehead atoms. The molecule has 1 atom stereocenters. The molecule has 1 aromatic carbocycles. The average Bonchev–Trinajstić information content (AvgIpc) is 3.13. The number of benzene rings is 1. The third-order valence-electron chi connectivity index (χ3n) is 3.33. The second-order valence-corrected chi connectivity index (χ2v) is 5.43. The lowest BCUT2D eigenvalue weighted by Crippen LogP contribution is -2.34. The first-order valence-electron chi connectivity index (χ1n) is 6.05. The minimum absolute atomic E-state index is 0.0866. The van der Waals surface area contributed by atoms with Crippen molar-refractivity contribution >= 4 is 15.9 Å². The predicted molar refractivity (Wildman–Crippen MR) is 71.3 cm³/mol. The highest BCUT2D eigenvalue weighted by Gasteiger charge is 2.33. The van der Waals surface area contributed by atoms with Gasteiger partial charge in [0.25, 0.3) is 0 Å². The summed E-state index contributed by atoms with van der Waals surface area (Å²) in [6, 6.07) is 6.15. The summed E-state index contributed by atoms with van der Waals surface area (Å²) in [5.41, 5.74) is 6.38. The quantitative estimate of drug-likeness (QED) is 0.905. The van der Waals surface area contributed by atoms with Crippen LogP contribution in [0.4, 0.5) is 4.39 Å². The Hall–Kier alpha value is -0.450. The van der Waals surface area contributed by atoms with Crippen molar-refractivity contribution in [3.8, 4) is 0 Å². The fourth-order valence-electron chi connectivity index (χ4n) is 2.27. The van der Waals surface area contributed by atoms with Crippen LogP contribution in [0.15, 0.2) is 22.7 Å². The summed E-state index contributed by atoms with van der Waals surface area (Å²) in [5, 5.41) is 0. The molecule has 1 aromatic rings. The third-order valence-corrected chi connectivity index (χ3v) is 3.94. The van der Waals surface area contributed by atoms with Crippen molar-refractivity contribution < 1.29 is 4.39 Å². The molecule has 1 fully saturated rings. The van der Waals surface area contributed by atoms with Crippen LogP contribution in [-0.4, -0.2) is 24.0 Å². The molecule has 17 heavy (non-hydrogen) atoms. The zero-order chi connectivity index (χ0) is 12.4. The summed E-state index contributed by atoms with van der Waals surface area (Å²) in [5.74, 6) is -0.150. The van der Waals surface area contributed by atoms with Gasteiger partial charge in [-0.05, 0) is 41.8 Å². The molecule has 0 amide bonds. The monoisotopic (exact) mass is 300 g/mol. The van der Waals surface area contributed by atoms with E-state index in [-0.39, 0.29) is 11.9 Å². The molecule has 2 rings (SSSR count). The fourth-order valence-corrected chi connectivity index (χ4v) is 2.65. The molecule has 2 N–H and O–H groups in total. The summed E-state index contributed by atoms with van der Waals surface area (Å²) in [7, 11) is 0. The highest BCUT2D eigenvalue weighted by molar-refractivity contribution is 9.10. The lowest BCUT2D eigenvalue weighted by molar-refractivity contribution is 0.202. The van der Waals surface area contributed by atoms with E-state index in [9.17, 15) is 4.39 Å². The number of hydrogen-bond acceptors (Lipinski definition) is 2. The second kappa shape index (κ2) is 5.46. The average molecular weight is 301 g/mol. The number of nitrogens with two attached hydrogens (primary N) is 1. The van der Waals surface area contributed by atoms with Gasteiger partial charge in [-0.2, -0.15) is 0 Å². The van der Waals surface area contributed by atoms with E-state index in [2.05, 4.69) is 27.8 Å². The van der Waals surface area contributed by atoms with Crippen molar-refractivity contribution in [1.82, 2.24) is 4.90 Å². The van der Waals surface area contributed by atoms with Crippen molar-refractivity contribution in [2.75, 3.05) is 13.1 Å². The molecule has 0 aromatic heterocycles. The zero-order valence-corrected chi connectivity index (χ0v) is 11.6. The van der Waals surface area contributed by atoms with E-state index in [1.807, 2.05) is 12.1 Å². The van der Waals surface area contributed by atoms with Crippen LogP contribution in [0.1, 0.15) is 31.4 Å². The van der Waals surface area contributed by atoms with Gasteiger partial charge < -0.3 is 5.73 Å². The van der Waals surface area contributed by atoms with Crippen LogP contribution in [0.25, 0.3) is 0 Å². The second-order valence-electron chi connectivity index (χ2n) is 4.58. The minimum atomic E-state index is -0.150. The van der Waals surface area contributed by atoms with Gasteiger partial charge in [-0.1, -0.05) is 12.1 Å². The molecule has 0 radical (unpaired) electrons. The molecular formula is C13H18BrFN2. The van der Waals surface area contributed by atoms with Crippen molar-refractivity contribution in [2.45, 2.75) is 31.8 Å². The first-order valence-corrected chi connectivity index (χ1v) is 6.84. The van der Waals surface area contributed by atoms with E-state index in [0.29, 0.717) is 17.1 Å². The van der Waals surface area contributed by atoms with Gasteiger partial charge in [-0.15, -0.1) is 0 Å². The van der Waals surface area contributed by atoms with Gasteiger partial charge in [0, 0.05) is 30.7 Å². The molecule has 1 aliphatic carbocycles. The first-order chi connectivity index (χ1) is 8.15. The Labute approximate surface area is 110 Å². The smallest absolute Gasteiger partial charge is 0.142 e. The van der Waals surface area contributed by atoms with Crippen LogP contribution in [0.3, 0.4) is 0 Å². The largest absolute Gasteiger partial charge is 0.329 e. The maximum absolute atomic E-state index is 14.0. The van der Waals surface area contributed by atoms with E-state index in [1.165, 1.54) is 12.8 Å². The van der Waals surface area contributed by atoms with Crippen LogP contribution in [-0.2, 0) is 0 Å². The molecule has 0 aliphatic heterocycles. The molecule has 94 valence electrons. The van der Waals surface area contributed by atoms with E-state index in [1.54, 1.807) is 6.07 Å². The number of rotatable bonds is 5. The molecule has 0 heterocycles. The van der Waals surface area contributed by atoms with Gasteiger partial charge in [0.1, 0.15) is 5.82 Å². The maximum atomic E-state index is 14.0. The molecular weight excluding hydrogens is 283 g/mol. The van der Waals surface area contributed by atoms with Crippen molar-refractivity contribution in [1.29, 1.82) is 0 Å². The summed E-state index contributed by atoms with van der Waals surface area (Å²) in [6.45, 7) is 3.51. The van der Waals surface area contributed by atoms with Gasteiger partial charge in [-0.3, -0.25) is 4.90 Å². The Morgan fingerprint density at radius 3 is 2.82 bits per heavy atom. The third kappa shape index (κ3) is 2.87. The number of nitrogens with zero attached hydrogens (tertiary/aromatic N) is 1. The fraction of sp³-hybridized carbons (Fsp3) is 0.538. The van der Waals surface area contributed by atoms with Gasteiger partial charge in [0.05, 0.1) is 4.47 Å². The Morgan fingerprint density at radius 2 is 2.24 bits per heavy atom.